The van der Waals surface area contributed by atoms with E-state index < -0.39 is 11.5 Å². The molecule has 5 fully saturated rings. The predicted octanol–water partition coefficient (Wildman–Crippen LogP) is 7.18. The van der Waals surface area contributed by atoms with Crippen molar-refractivity contribution in [3.8, 4) is 0 Å². The molecule has 0 aromatic carbocycles. The first-order chi connectivity index (χ1) is 15.8. The first-order valence-electron chi connectivity index (χ1n) is 14.2. The van der Waals surface area contributed by atoms with E-state index in [-0.39, 0.29) is 22.7 Å². The highest BCUT2D eigenvalue weighted by Gasteiger charge is 2.71. The van der Waals surface area contributed by atoms with E-state index in [2.05, 4.69) is 41.2 Å². The number of esters is 1. The second-order valence-corrected chi connectivity index (χ2v) is 14.7. The molecule has 0 bridgehead atoms. The van der Waals surface area contributed by atoms with Crippen molar-refractivity contribution in [2.45, 2.75) is 112 Å². The van der Waals surface area contributed by atoms with E-state index in [9.17, 15) is 9.90 Å². The van der Waals surface area contributed by atoms with Gasteiger partial charge in [-0.05, 0) is 129 Å². The Hall–Kier alpha value is -0.830. The maximum Gasteiger partial charge on any atom is 0.314 e. The number of hydrogen-bond donors (Lipinski definition) is 1. The molecule has 0 aliphatic heterocycles. The van der Waals surface area contributed by atoms with Gasteiger partial charge in [0.05, 0.1) is 18.6 Å². The molecule has 1 N–H and O–H groups in total. The number of methoxy groups -OCH3 is 1. The van der Waals surface area contributed by atoms with E-state index in [1.54, 1.807) is 0 Å². The molecule has 5 rings (SSSR count). The van der Waals surface area contributed by atoms with Crippen LogP contribution in [0.5, 0.6) is 0 Å². The first kappa shape index (κ1) is 24.8. The monoisotopic (exact) mass is 470 g/mol. The van der Waals surface area contributed by atoms with Crippen LogP contribution in [0.25, 0.3) is 0 Å². The molecule has 11 atom stereocenters. The normalized spacial score (nSPS) is 56.5. The minimum atomic E-state index is -0.789. The van der Waals surface area contributed by atoms with Crippen LogP contribution < -0.4 is 0 Å². The molecular weight excluding hydrogens is 420 g/mol. The van der Waals surface area contributed by atoms with Crippen LogP contribution in [0.4, 0.5) is 0 Å². The standard InChI is InChI=1S/C31H50O3/c1-19(2)20-11-14-27(3)17-18-29(5)21(25(20)27)9-10-22-28(4)15-13-24(32)31(7,26(33)34-8)23(28)12-16-30(22,29)6/h20-25,32H,1,9-18H2,2-8H3/t20?,21?,22?,23?,24-,25?,27+,28+,29+,30+,31+/m0/s1. The van der Waals surface area contributed by atoms with E-state index in [0.29, 0.717) is 29.1 Å². The molecule has 0 radical (unpaired) electrons. The van der Waals surface area contributed by atoms with Gasteiger partial charge in [-0.1, -0.05) is 39.8 Å². The topological polar surface area (TPSA) is 46.5 Å². The molecule has 0 amide bonds. The van der Waals surface area contributed by atoms with Crippen molar-refractivity contribution in [2.75, 3.05) is 7.11 Å². The zero-order valence-electron chi connectivity index (χ0n) is 23.0. The lowest BCUT2D eigenvalue weighted by Crippen LogP contribution is -2.67. The molecule has 0 spiro atoms. The zero-order chi connectivity index (χ0) is 24.9. The van der Waals surface area contributed by atoms with Gasteiger partial charge < -0.3 is 9.84 Å². The van der Waals surface area contributed by atoms with Crippen LogP contribution in [-0.2, 0) is 9.53 Å². The molecule has 0 aromatic heterocycles. The van der Waals surface area contributed by atoms with Crippen molar-refractivity contribution in [2.24, 2.45) is 56.7 Å². The maximum atomic E-state index is 13.1. The summed E-state index contributed by atoms with van der Waals surface area (Å²) in [6, 6.07) is 0. The van der Waals surface area contributed by atoms with Crippen molar-refractivity contribution < 1.29 is 14.6 Å². The molecule has 192 valence electrons. The van der Waals surface area contributed by atoms with Crippen molar-refractivity contribution in [3.05, 3.63) is 12.2 Å². The number of carbonyl (C=O) groups excluding carboxylic acids is 1. The molecule has 5 aliphatic carbocycles. The van der Waals surface area contributed by atoms with Crippen molar-refractivity contribution in [3.63, 3.8) is 0 Å². The van der Waals surface area contributed by atoms with Crippen molar-refractivity contribution >= 4 is 5.97 Å². The number of rotatable bonds is 2. The molecule has 3 heteroatoms. The highest BCUT2D eigenvalue weighted by molar-refractivity contribution is 5.78. The van der Waals surface area contributed by atoms with Gasteiger partial charge in [0, 0.05) is 0 Å². The molecule has 0 saturated heterocycles. The van der Waals surface area contributed by atoms with Gasteiger partial charge >= 0.3 is 5.97 Å². The van der Waals surface area contributed by atoms with Crippen LogP contribution >= 0.6 is 0 Å². The lowest BCUT2D eigenvalue weighted by molar-refractivity contribution is -0.250. The maximum absolute atomic E-state index is 13.1. The van der Waals surface area contributed by atoms with Gasteiger partial charge in [0.2, 0.25) is 0 Å². The second kappa shape index (κ2) is 7.59. The molecule has 34 heavy (non-hydrogen) atoms. The Labute approximate surface area is 208 Å². The third-order valence-corrected chi connectivity index (χ3v) is 13.7. The summed E-state index contributed by atoms with van der Waals surface area (Å²) in [6.07, 6.45) is 11.3. The lowest BCUT2D eigenvalue weighted by Gasteiger charge is -2.72. The second-order valence-electron chi connectivity index (χ2n) is 14.7. The van der Waals surface area contributed by atoms with E-state index in [1.165, 1.54) is 57.6 Å². The Bertz CT molecular complexity index is 880. The summed E-state index contributed by atoms with van der Waals surface area (Å²) in [7, 11) is 1.49. The van der Waals surface area contributed by atoms with Crippen LogP contribution in [0.2, 0.25) is 0 Å². The summed E-state index contributed by atoms with van der Waals surface area (Å²) >= 11 is 0. The fourth-order valence-electron chi connectivity index (χ4n) is 11.7. The molecule has 3 nitrogen and oxygen atoms in total. The minimum Gasteiger partial charge on any atom is -0.469 e. The Balaban J connectivity index is 1.55. The van der Waals surface area contributed by atoms with Crippen LogP contribution in [0, 0.1) is 56.7 Å². The van der Waals surface area contributed by atoms with Gasteiger partial charge in [0.15, 0.2) is 0 Å². The van der Waals surface area contributed by atoms with Crippen LogP contribution in [0.1, 0.15) is 106 Å². The quantitative estimate of drug-likeness (QED) is 0.343. The highest BCUT2D eigenvalue weighted by atomic mass is 16.5. The van der Waals surface area contributed by atoms with Crippen molar-refractivity contribution in [1.82, 2.24) is 0 Å². The SMILES string of the molecule is C=C(C)C1CC[C@]2(C)CC[C@]3(C)C(CCC4[C@@]5(C)CC[C@H](O)[C@](C)(C(=O)OC)C5CC[C@]43C)C12. The Morgan fingerprint density at radius 2 is 1.56 bits per heavy atom. The predicted molar refractivity (Wildman–Crippen MR) is 137 cm³/mol. The molecule has 5 saturated carbocycles. The summed E-state index contributed by atoms with van der Waals surface area (Å²) in [5.74, 6) is 2.83. The molecule has 5 unspecified atom stereocenters. The van der Waals surface area contributed by atoms with Crippen LogP contribution in [0.15, 0.2) is 12.2 Å². The number of allylic oxidation sites excluding steroid dienone is 1. The van der Waals surface area contributed by atoms with Gasteiger partial charge in [-0.15, -0.1) is 0 Å². The van der Waals surface area contributed by atoms with E-state index in [1.807, 2.05) is 6.92 Å². The fourth-order valence-corrected chi connectivity index (χ4v) is 11.7. The number of aliphatic hydroxyl groups excluding tert-OH is 1. The van der Waals surface area contributed by atoms with Gasteiger partial charge in [0.1, 0.15) is 0 Å². The molecule has 0 aromatic rings. The Morgan fingerprint density at radius 1 is 0.853 bits per heavy atom. The smallest absolute Gasteiger partial charge is 0.314 e. The Kier molecular flexibility index (Phi) is 5.55. The third kappa shape index (κ3) is 2.83. The van der Waals surface area contributed by atoms with Crippen LogP contribution in [0.3, 0.4) is 0 Å². The highest BCUT2D eigenvalue weighted by Crippen LogP contribution is 2.77. The molecule has 5 aliphatic rings. The minimum absolute atomic E-state index is 0.0767. The summed E-state index contributed by atoms with van der Waals surface area (Å²) in [5.41, 5.74) is 1.80. The number of ether oxygens (including phenoxy) is 1. The summed E-state index contributed by atoms with van der Waals surface area (Å²) in [4.78, 5) is 13.1. The van der Waals surface area contributed by atoms with Gasteiger partial charge in [-0.3, -0.25) is 4.79 Å². The van der Waals surface area contributed by atoms with Crippen molar-refractivity contribution in [1.29, 1.82) is 0 Å². The van der Waals surface area contributed by atoms with Gasteiger partial charge in [-0.25, -0.2) is 0 Å². The summed E-state index contributed by atoms with van der Waals surface area (Å²) in [5, 5.41) is 11.1. The van der Waals surface area contributed by atoms with E-state index >= 15 is 0 Å². The van der Waals surface area contributed by atoms with E-state index in [0.717, 1.165) is 24.7 Å². The van der Waals surface area contributed by atoms with Gasteiger partial charge in [0.25, 0.3) is 0 Å². The van der Waals surface area contributed by atoms with E-state index in [4.69, 9.17) is 4.74 Å². The lowest BCUT2D eigenvalue weighted by atomic mass is 9.32. The van der Waals surface area contributed by atoms with Crippen LogP contribution in [-0.4, -0.2) is 24.3 Å². The summed E-state index contributed by atoms with van der Waals surface area (Å²) < 4.78 is 5.31. The zero-order valence-corrected chi connectivity index (χ0v) is 23.0. The number of aliphatic hydroxyl groups is 1. The molecule has 0 heterocycles. The Morgan fingerprint density at radius 3 is 2.21 bits per heavy atom. The fraction of sp³-hybridized carbons (Fsp3) is 0.903. The summed E-state index contributed by atoms with van der Waals surface area (Å²) in [6.45, 7) is 19.1. The average Bonchev–Trinajstić information content (AvgIpc) is 3.14. The third-order valence-electron chi connectivity index (χ3n) is 13.7. The molecular formula is C31H50O3. The number of hydrogen-bond acceptors (Lipinski definition) is 3. The average molecular weight is 471 g/mol. The number of carbonyl (C=O) groups is 1. The number of fused-ring (bicyclic) bond motifs is 7. The van der Waals surface area contributed by atoms with Gasteiger partial charge in [-0.2, -0.15) is 0 Å². The largest absolute Gasteiger partial charge is 0.469 e. The first-order valence-corrected chi connectivity index (χ1v) is 14.2.